The molecule has 2 aromatic carbocycles. The molecule has 0 unspecified atom stereocenters. The summed E-state index contributed by atoms with van der Waals surface area (Å²) >= 11 is 7.14. The summed E-state index contributed by atoms with van der Waals surface area (Å²) < 4.78 is 54.7. The van der Waals surface area contributed by atoms with Gasteiger partial charge in [0.25, 0.3) is 0 Å². The number of hydrogen-bond acceptors (Lipinski definition) is 8. The van der Waals surface area contributed by atoms with E-state index < -0.39 is 23.6 Å². The molecule has 2 fully saturated rings. The van der Waals surface area contributed by atoms with Crippen LogP contribution in [-0.4, -0.2) is 65.6 Å². The second kappa shape index (κ2) is 15.7. The number of carbonyl (C=O) groups is 2. The summed E-state index contributed by atoms with van der Waals surface area (Å²) in [5, 5.41) is 13.2. The SMILES string of the molecule is COc1nc(-c2cccc(-c3cccc4c3CC[C@@H]4Cc3nc(OC)c(CN4CC(C(=O)O)C4)cc3C(F)(F)F)c2Cl)ccc1CNC[C@@H]1CCC(=O)C1. The molecule has 3 heterocycles. The van der Waals surface area contributed by atoms with E-state index in [-0.39, 0.29) is 49.1 Å². The Hall–Kier alpha value is -4.52. The largest absolute Gasteiger partial charge is 0.481 e. The first-order valence-electron chi connectivity index (χ1n) is 18.2. The third-order valence-electron chi connectivity index (χ3n) is 11.0. The lowest BCUT2D eigenvalue weighted by Crippen LogP contribution is -2.49. The predicted molar refractivity (Wildman–Crippen MR) is 198 cm³/mol. The Morgan fingerprint density at radius 1 is 0.963 bits per heavy atom. The molecule has 2 aliphatic carbocycles. The number of halogens is 4. The van der Waals surface area contributed by atoms with Crippen molar-refractivity contribution in [2.75, 3.05) is 33.9 Å². The third-order valence-corrected chi connectivity index (χ3v) is 11.4. The van der Waals surface area contributed by atoms with E-state index in [4.69, 9.17) is 26.1 Å². The van der Waals surface area contributed by atoms with Gasteiger partial charge in [0.15, 0.2) is 0 Å². The summed E-state index contributed by atoms with van der Waals surface area (Å²) in [5.41, 5.74) is 5.40. The van der Waals surface area contributed by atoms with E-state index in [2.05, 4.69) is 10.3 Å². The number of fused-ring (bicyclic) bond motifs is 1. The third kappa shape index (κ3) is 7.83. The van der Waals surface area contributed by atoms with E-state index in [9.17, 15) is 27.9 Å². The molecule has 0 bridgehead atoms. The van der Waals surface area contributed by atoms with Crippen molar-refractivity contribution < 1.29 is 37.3 Å². The molecule has 13 heteroatoms. The highest BCUT2D eigenvalue weighted by molar-refractivity contribution is 6.36. The lowest BCUT2D eigenvalue weighted by atomic mass is 9.90. The number of pyridine rings is 2. The van der Waals surface area contributed by atoms with E-state index in [1.54, 1.807) is 12.0 Å². The van der Waals surface area contributed by atoms with Crippen molar-refractivity contribution in [2.45, 2.75) is 63.7 Å². The minimum atomic E-state index is -4.64. The number of carboxylic acid groups (broad SMARTS) is 1. The highest BCUT2D eigenvalue weighted by Gasteiger charge is 2.39. The molecule has 1 saturated carbocycles. The van der Waals surface area contributed by atoms with Crippen molar-refractivity contribution in [3.63, 3.8) is 0 Å². The highest BCUT2D eigenvalue weighted by atomic mass is 35.5. The number of nitrogens with zero attached hydrogens (tertiary/aromatic N) is 3. The van der Waals surface area contributed by atoms with Crippen LogP contribution < -0.4 is 14.8 Å². The Bertz CT molecular complexity index is 2070. The normalized spacial score (nSPS) is 18.8. The second-order valence-corrected chi connectivity index (χ2v) is 14.9. The van der Waals surface area contributed by atoms with Crippen LogP contribution in [0.4, 0.5) is 13.2 Å². The number of aliphatic carboxylic acids is 1. The summed E-state index contributed by atoms with van der Waals surface area (Å²) in [4.78, 5) is 33.9. The number of benzene rings is 2. The fraction of sp³-hybridized carbons (Fsp3) is 0.415. The monoisotopic (exact) mass is 762 g/mol. The van der Waals surface area contributed by atoms with Gasteiger partial charge in [0.2, 0.25) is 11.8 Å². The molecular formula is C41H42ClF3N4O5. The Morgan fingerprint density at radius 2 is 1.69 bits per heavy atom. The van der Waals surface area contributed by atoms with Crippen LogP contribution in [0.5, 0.6) is 11.8 Å². The van der Waals surface area contributed by atoms with Gasteiger partial charge in [0.1, 0.15) is 5.78 Å². The lowest BCUT2D eigenvalue weighted by Gasteiger charge is -2.36. The fourth-order valence-electron chi connectivity index (χ4n) is 8.14. The zero-order chi connectivity index (χ0) is 38.1. The molecule has 0 amide bonds. The van der Waals surface area contributed by atoms with Gasteiger partial charge in [-0.3, -0.25) is 14.5 Å². The fourth-order valence-corrected chi connectivity index (χ4v) is 8.47. The molecule has 0 spiro atoms. The van der Waals surface area contributed by atoms with E-state index in [1.807, 2.05) is 48.5 Å². The number of carboxylic acids is 1. The number of nitrogens with one attached hydrogen (secondary N) is 1. The zero-order valence-electron chi connectivity index (χ0n) is 30.1. The molecule has 4 aromatic rings. The second-order valence-electron chi connectivity index (χ2n) is 14.5. The van der Waals surface area contributed by atoms with Crippen LogP contribution in [0, 0.1) is 11.8 Å². The molecular weight excluding hydrogens is 721 g/mol. The molecule has 2 N–H and O–H groups in total. The Morgan fingerprint density at radius 3 is 2.39 bits per heavy atom. The highest BCUT2D eigenvalue weighted by Crippen LogP contribution is 2.45. The number of Topliss-reactive ketones (excluding diaryl/α,β-unsaturated/α-hetero) is 1. The number of ketones is 1. The summed E-state index contributed by atoms with van der Waals surface area (Å²) in [6.45, 7) is 1.94. The smallest absolute Gasteiger partial charge is 0.418 e. The van der Waals surface area contributed by atoms with Crippen LogP contribution in [0.1, 0.15) is 65.1 Å². The first kappa shape index (κ1) is 37.8. The number of likely N-dealkylation sites (tertiary alicyclic amines) is 1. The molecule has 2 atom stereocenters. The number of carbonyl (C=O) groups excluding carboxylic acids is 1. The minimum Gasteiger partial charge on any atom is -0.481 e. The zero-order valence-corrected chi connectivity index (χ0v) is 30.9. The van der Waals surface area contributed by atoms with E-state index >= 15 is 0 Å². The van der Waals surface area contributed by atoms with Crippen molar-refractivity contribution in [1.82, 2.24) is 20.2 Å². The predicted octanol–water partition coefficient (Wildman–Crippen LogP) is 7.75. The number of hydrogen-bond donors (Lipinski definition) is 2. The van der Waals surface area contributed by atoms with Gasteiger partial charge in [0.05, 0.1) is 42.1 Å². The number of ether oxygens (including phenoxy) is 2. The molecule has 0 radical (unpaired) electrons. The number of methoxy groups -OCH3 is 2. The van der Waals surface area contributed by atoms with Gasteiger partial charge in [0, 0.05) is 61.3 Å². The van der Waals surface area contributed by atoms with Crippen molar-refractivity contribution in [2.24, 2.45) is 11.8 Å². The van der Waals surface area contributed by atoms with E-state index in [0.29, 0.717) is 60.5 Å². The van der Waals surface area contributed by atoms with Gasteiger partial charge in [-0.1, -0.05) is 54.1 Å². The van der Waals surface area contributed by atoms with Gasteiger partial charge in [-0.2, -0.15) is 13.2 Å². The van der Waals surface area contributed by atoms with Crippen LogP contribution in [0.25, 0.3) is 22.4 Å². The Kier molecular flexibility index (Phi) is 11.0. The molecule has 9 nitrogen and oxygen atoms in total. The van der Waals surface area contributed by atoms with Gasteiger partial charge in [-0.05, 0) is 72.9 Å². The van der Waals surface area contributed by atoms with Crippen molar-refractivity contribution in [1.29, 1.82) is 0 Å². The average Bonchev–Trinajstić information content (AvgIpc) is 3.74. The van der Waals surface area contributed by atoms with Gasteiger partial charge >= 0.3 is 12.1 Å². The van der Waals surface area contributed by atoms with Crippen molar-refractivity contribution in [3.8, 4) is 34.1 Å². The minimum absolute atomic E-state index is 0.0736. The molecule has 1 saturated heterocycles. The van der Waals surface area contributed by atoms with E-state index in [0.717, 1.165) is 52.4 Å². The van der Waals surface area contributed by atoms with Gasteiger partial charge in [-0.15, -0.1) is 0 Å². The van der Waals surface area contributed by atoms with Crippen molar-refractivity contribution >= 4 is 23.4 Å². The maximum absolute atomic E-state index is 14.5. The topological polar surface area (TPSA) is 114 Å². The molecule has 284 valence electrons. The lowest BCUT2D eigenvalue weighted by molar-refractivity contribution is -0.147. The molecule has 7 rings (SSSR count). The molecule has 3 aliphatic rings. The maximum atomic E-state index is 14.5. The molecule has 54 heavy (non-hydrogen) atoms. The Labute approximate surface area is 316 Å². The van der Waals surface area contributed by atoms with Crippen molar-refractivity contribution in [3.05, 3.63) is 93.1 Å². The summed E-state index contributed by atoms with van der Waals surface area (Å²) in [6, 6.07) is 16.6. The standard InChI is InChI=1S/C41H42ClF3N4O5/c1-53-38-25(19-46-18-23-9-12-28(50)15-23)11-14-35(47-38)33-8-4-7-32(37(33)42)30-6-3-5-29-24(10-13-31(29)30)17-36-34(41(43,44)45)16-26(39(48-36)54-2)20-49-21-27(22-49)40(51)52/h3-8,11,14,16,23-24,27,46H,9-10,12-13,15,17-22H2,1-2H3,(H,51,52)/t23-,24-/m1/s1. The summed E-state index contributed by atoms with van der Waals surface area (Å²) in [7, 11) is 2.96. The first-order chi connectivity index (χ1) is 25.9. The van der Waals surface area contributed by atoms with E-state index in [1.165, 1.54) is 7.11 Å². The van der Waals surface area contributed by atoms with Crippen LogP contribution >= 0.6 is 11.6 Å². The number of alkyl halides is 3. The van der Waals surface area contributed by atoms with Crippen LogP contribution in [0.2, 0.25) is 5.02 Å². The van der Waals surface area contributed by atoms with Crippen LogP contribution in [-0.2, 0) is 41.7 Å². The number of aromatic nitrogens is 2. The quantitative estimate of drug-likeness (QED) is 0.141. The first-order valence-corrected chi connectivity index (χ1v) is 18.6. The number of rotatable bonds is 13. The average molecular weight is 763 g/mol. The summed E-state index contributed by atoms with van der Waals surface area (Å²) in [5.74, 6) is -0.382. The van der Waals surface area contributed by atoms with Crippen LogP contribution in [0.15, 0.2) is 54.6 Å². The maximum Gasteiger partial charge on any atom is 0.418 e. The Balaban J connectivity index is 1.12. The molecule has 1 aliphatic heterocycles. The molecule has 2 aromatic heterocycles. The van der Waals surface area contributed by atoms with Gasteiger partial charge in [-0.25, -0.2) is 9.97 Å². The summed E-state index contributed by atoms with van der Waals surface area (Å²) in [6.07, 6.45) is -1.06. The van der Waals surface area contributed by atoms with Crippen LogP contribution in [0.3, 0.4) is 0 Å². The van der Waals surface area contributed by atoms with Gasteiger partial charge < -0.3 is 19.9 Å².